The molecule has 29 heavy (non-hydrogen) atoms. The largest absolute Gasteiger partial charge is 0.381 e. The predicted molar refractivity (Wildman–Crippen MR) is 105 cm³/mol. The number of hydrogen-bond acceptors (Lipinski definition) is 6. The quantitative estimate of drug-likeness (QED) is 0.571. The third kappa shape index (κ3) is 2.79. The van der Waals surface area contributed by atoms with Gasteiger partial charge in [-0.3, -0.25) is 9.13 Å². The van der Waals surface area contributed by atoms with Gasteiger partial charge in [-0.05, 0) is 31.4 Å². The molecular weight excluding hydrogens is 377 g/mol. The lowest BCUT2D eigenvalue weighted by Crippen LogP contribution is -2.30. The van der Waals surface area contributed by atoms with Crippen molar-refractivity contribution < 1.29 is 9.13 Å². The van der Waals surface area contributed by atoms with Gasteiger partial charge in [0.25, 0.3) is 0 Å². The molecule has 10 heteroatoms. The number of hydrogen-bond donors (Lipinski definition) is 1. The lowest BCUT2D eigenvalue weighted by atomic mass is 10.1. The Bertz CT molecular complexity index is 1280. The molecule has 1 aliphatic heterocycles. The van der Waals surface area contributed by atoms with E-state index in [4.69, 9.17) is 4.74 Å². The summed E-state index contributed by atoms with van der Waals surface area (Å²) in [5, 5.41) is 7.16. The van der Waals surface area contributed by atoms with Gasteiger partial charge in [-0.2, -0.15) is 5.10 Å². The van der Waals surface area contributed by atoms with Crippen molar-refractivity contribution in [1.29, 1.82) is 0 Å². The van der Waals surface area contributed by atoms with Crippen LogP contribution in [0.3, 0.4) is 0 Å². The van der Waals surface area contributed by atoms with Gasteiger partial charge in [-0.15, -0.1) is 0 Å². The normalized spacial score (nSPS) is 15.4. The average Bonchev–Trinajstić information content (AvgIpc) is 3.27. The van der Waals surface area contributed by atoms with Crippen LogP contribution >= 0.6 is 0 Å². The third-order valence-corrected chi connectivity index (χ3v) is 5.50. The van der Waals surface area contributed by atoms with E-state index in [-0.39, 0.29) is 23.1 Å². The van der Waals surface area contributed by atoms with Crippen molar-refractivity contribution >= 4 is 28.2 Å². The van der Waals surface area contributed by atoms with Gasteiger partial charge >= 0.3 is 5.69 Å². The monoisotopic (exact) mass is 397 g/mol. The molecule has 4 aromatic heterocycles. The molecular formula is C19H20FN7O2. The number of ether oxygens (including phenoxy) is 1. The summed E-state index contributed by atoms with van der Waals surface area (Å²) in [6, 6.07) is 1.75. The molecule has 0 aromatic carbocycles. The SMILES string of the molecule is Cc1cc2ncnn2cc1Nc1ncc2c(c1F)n(C1CCOCC1)c(=O)n2C. The Morgan fingerprint density at radius 2 is 2.07 bits per heavy atom. The summed E-state index contributed by atoms with van der Waals surface area (Å²) in [5.41, 5.74) is 2.72. The Labute approximate surface area is 164 Å². The van der Waals surface area contributed by atoms with Crippen LogP contribution in [0.1, 0.15) is 24.4 Å². The molecule has 0 aliphatic carbocycles. The number of nitrogens with one attached hydrogen (secondary N) is 1. The maximum absolute atomic E-state index is 15.6. The van der Waals surface area contributed by atoms with Crippen LogP contribution in [-0.4, -0.2) is 41.9 Å². The molecule has 1 N–H and O–H groups in total. The third-order valence-electron chi connectivity index (χ3n) is 5.50. The number of nitrogens with zero attached hydrogens (tertiary/aromatic N) is 6. The fourth-order valence-electron chi connectivity index (χ4n) is 3.89. The number of imidazole rings is 1. The topological polar surface area (TPSA) is 91.3 Å². The van der Waals surface area contributed by atoms with Crippen molar-refractivity contribution in [1.82, 2.24) is 28.7 Å². The second kappa shape index (κ2) is 6.66. The first-order chi connectivity index (χ1) is 14.0. The molecule has 5 rings (SSSR count). The fourth-order valence-corrected chi connectivity index (χ4v) is 3.89. The van der Waals surface area contributed by atoms with E-state index >= 15 is 4.39 Å². The first kappa shape index (κ1) is 17.8. The number of aryl methyl sites for hydroxylation is 2. The average molecular weight is 397 g/mol. The Morgan fingerprint density at radius 3 is 2.86 bits per heavy atom. The lowest BCUT2D eigenvalue weighted by Gasteiger charge is -2.23. The smallest absolute Gasteiger partial charge is 0.329 e. The molecule has 0 unspecified atom stereocenters. The first-order valence-corrected chi connectivity index (χ1v) is 9.45. The van der Waals surface area contributed by atoms with Crippen molar-refractivity contribution in [3.63, 3.8) is 0 Å². The van der Waals surface area contributed by atoms with Crippen LogP contribution in [0.15, 0.2) is 29.6 Å². The van der Waals surface area contributed by atoms with Crippen molar-refractivity contribution in [2.24, 2.45) is 7.05 Å². The molecule has 9 nitrogen and oxygen atoms in total. The van der Waals surface area contributed by atoms with Gasteiger partial charge < -0.3 is 10.1 Å². The van der Waals surface area contributed by atoms with Crippen molar-refractivity contribution in [3.8, 4) is 0 Å². The second-order valence-electron chi connectivity index (χ2n) is 7.27. The van der Waals surface area contributed by atoms with E-state index in [0.717, 1.165) is 5.56 Å². The summed E-state index contributed by atoms with van der Waals surface area (Å²) in [6.07, 6.45) is 6.07. The maximum atomic E-state index is 15.6. The Morgan fingerprint density at radius 1 is 1.28 bits per heavy atom. The van der Waals surface area contributed by atoms with Crippen molar-refractivity contribution in [2.45, 2.75) is 25.8 Å². The zero-order valence-electron chi connectivity index (χ0n) is 16.1. The van der Waals surface area contributed by atoms with Crippen LogP contribution in [0.25, 0.3) is 16.7 Å². The summed E-state index contributed by atoms with van der Waals surface area (Å²) in [4.78, 5) is 21.2. The van der Waals surface area contributed by atoms with Gasteiger partial charge in [-0.25, -0.2) is 23.7 Å². The highest BCUT2D eigenvalue weighted by Gasteiger charge is 2.25. The fraction of sp³-hybridized carbons (Fsp3) is 0.368. The number of fused-ring (bicyclic) bond motifs is 2. The molecule has 0 bridgehead atoms. The molecule has 1 saturated heterocycles. The minimum absolute atomic E-state index is 0.0616. The van der Waals surface area contributed by atoms with Gasteiger partial charge in [0.2, 0.25) is 0 Å². The minimum atomic E-state index is -0.551. The van der Waals surface area contributed by atoms with Crippen LogP contribution < -0.4 is 11.0 Å². The van der Waals surface area contributed by atoms with Crippen LogP contribution in [0.5, 0.6) is 0 Å². The predicted octanol–water partition coefficient (Wildman–Crippen LogP) is 2.32. The Kier molecular flexibility index (Phi) is 4.09. The van der Waals surface area contributed by atoms with E-state index in [2.05, 4.69) is 20.4 Å². The molecule has 150 valence electrons. The highest BCUT2D eigenvalue weighted by Crippen LogP contribution is 2.30. The Hall–Kier alpha value is -3.27. The molecule has 4 aromatic rings. The highest BCUT2D eigenvalue weighted by atomic mass is 19.1. The van der Waals surface area contributed by atoms with Crippen LogP contribution in [-0.2, 0) is 11.8 Å². The van der Waals surface area contributed by atoms with Gasteiger partial charge in [0, 0.05) is 26.3 Å². The summed E-state index contributed by atoms with van der Waals surface area (Å²) < 4.78 is 25.6. The number of halogens is 1. The van der Waals surface area contributed by atoms with Crippen LogP contribution in [0.4, 0.5) is 15.9 Å². The van der Waals surface area contributed by atoms with Crippen LogP contribution in [0.2, 0.25) is 0 Å². The van der Waals surface area contributed by atoms with Gasteiger partial charge in [-0.1, -0.05) is 0 Å². The summed E-state index contributed by atoms with van der Waals surface area (Å²) in [7, 11) is 1.64. The Balaban J connectivity index is 1.64. The molecule has 0 spiro atoms. The molecule has 0 radical (unpaired) electrons. The molecule has 1 fully saturated rings. The van der Waals surface area contributed by atoms with Gasteiger partial charge in [0.05, 0.1) is 23.6 Å². The zero-order valence-corrected chi connectivity index (χ0v) is 16.1. The second-order valence-corrected chi connectivity index (χ2v) is 7.27. The number of aromatic nitrogens is 6. The minimum Gasteiger partial charge on any atom is -0.381 e. The highest BCUT2D eigenvalue weighted by molar-refractivity contribution is 5.80. The molecule has 0 amide bonds. The van der Waals surface area contributed by atoms with Crippen molar-refractivity contribution in [3.05, 3.63) is 46.7 Å². The number of anilines is 2. The lowest BCUT2D eigenvalue weighted by molar-refractivity contribution is 0.0695. The summed E-state index contributed by atoms with van der Waals surface area (Å²) >= 11 is 0. The van der Waals surface area contributed by atoms with E-state index in [0.29, 0.717) is 42.9 Å². The van der Waals surface area contributed by atoms with Gasteiger partial charge in [0.15, 0.2) is 17.3 Å². The standard InChI is InChI=1S/C19H20FN7O2/c1-11-7-15-22-10-23-26(15)9-13(11)24-18-16(20)17-14(8-21-18)25(2)19(28)27(17)12-3-5-29-6-4-12/h7-10,12H,3-6H2,1-2H3,(H,21,24). The van der Waals surface area contributed by atoms with E-state index in [9.17, 15) is 4.79 Å². The molecule has 5 heterocycles. The van der Waals surface area contributed by atoms with E-state index in [1.54, 1.807) is 22.3 Å². The zero-order chi connectivity index (χ0) is 20.1. The van der Waals surface area contributed by atoms with Crippen LogP contribution in [0, 0.1) is 12.7 Å². The summed E-state index contributed by atoms with van der Waals surface area (Å²) in [5.74, 6) is -0.490. The van der Waals surface area contributed by atoms with E-state index in [1.165, 1.54) is 17.1 Å². The van der Waals surface area contributed by atoms with E-state index < -0.39 is 5.82 Å². The number of rotatable bonds is 3. The molecule has 1 aliphatic rings. The number of pyridine rings is 2. The van der Waals surface area contributed by atoms with E-state index in [1.807, 2.05) is 13.0 Å². The first-order valence-electron chi connectivity index (χ1n) is 9.45. The molecule has 0 atom stereocenters. The van der Waals surface area contributed by atoms with Gasteiger partial charge in [0.1, 0.15) is 11.8 Å². The summed E-state index contributed by atoms with van der Waals surface area (Å²) in [6.45, 7) is 3.01. The maximum Gasteiger partial charge on any atom is 0.329 e. The van der Waals surface area contributed by atoms with Crippen molar-refractivity contribution in [2.75, 3.05) is 18.5 Å². The molecule has 0 saturated carbocycles.